The van der Waals surface area contributed by atoms with Gasteiger partial charge in [-0.05, 0) is 72.3 Å². The third-order valence-electron chi connectivity index (χ3n) is 2.97. The zero-order valence-electron chi connectivity index (χ0n) is 10.4. The van der Waals surface area contributed by atoms with E-state index in [1.807, 2.05) is 0 Å². The van der Waals surface area contributed by atoms with Crippen molar-refractivity contribution in [1.29, 1.82) is 0 Å². The van der Waals surface area contributed by atoms with E-state index in [1.54, 1.807) is 5.57 Å². The molecule has 0 radical (unpaired) electrons. The Morgan fingerprint density at radius 3 is 2.80 bits per heavy atom. The third kappa shape index (κ3) is 6.69. The van der Waals surface area contributed by atoms with Gasteiger partial charge in [0, 0.05) is 0 Å². The van der Waals surface area contributed by atoms with Gasteiger partial charge in [-0.2, -0.15) is 0 Å². The predicted octanol–water partition coefficient (Wildman–Crippen LogP) is 2.42. The van der Waals surface area contributed by atoms with Crippen LogP contribution < -0.4 is 5.32 Å². The van der Waals surface area contributed by atoms with Crippen molar-refractivity contribution in [2.24, 2.45) is 0 Å². The summed E-state index contributed by atoms with van der Waals surface area (Å²) in [4.78, 5) is 2.24. The fourth-order valence-corrected chi connectivity index (χ4v) is 2.03. The van der Waals surface area contributed by atoms with Gasteiger partial charge in [0.2, 0.25) is 0 Å². The number of nitrogens with zero attached hydrogens (tertiary/aromatic N) is 1. The molecule has 0 bridgehead atoms. The van der Waals surface area contributed by atoms with Crippen LogP contribution in [-0.2, 0) is 0 Å². The van der Waals surface area contributed by atoms with E-state index < -0.39 is 0 Å². The highest BCUT2D eigenvalue weighted by Gasteiger charge is 2.02. The van der Waals surface area contributed by atoms with E-state index in [2.05, 4.69) is 30.4 Å². The Hall–Kier alpha value is -0.340. The smallest absolute Gasteiger partial charge is 0.00116 e. The normalized spacial score (nSPS) is 16.9. The van der Waals surface area contributed by atoms with Crippen LogP contribution in [0.3, 0.4) is 0 Å². The largest absolute Gasteiger partial charge is 0.316 e. The van der Waals surface area contributed by atoms with Crippen LogP contribution in [0.15, 0.2) is 11.6 Å². The van der Waals surface area contributed by atoms with E-state index in [-0.39, 0.29) is 0 Å². The van der Waals surface area contributed by atoms with Gasteiger partial charge in [0.25, 0.3) is 0 Å². The van der Waals surface area contributed by atoms with Crippen molar-refractivity contribution in [2.45, 2.75) is 38.5 Å². The Kier molecular flexibility index (Phi) is 6.69. The molecular formula is C13H26N2. The Balaban J connectivity index is 1.90. The summed E-state index contributed by atoms with van der Waals surface area (Å²) < 4.78 is 0. The highest BCUT2D eigenvalue weighted by Crippen LogP contribution is 2.19. The van der Waals surface area contributed by atoms with Crippen molar-refractivity contribution in [3.8, 4) is 0 Å². The van der Waals surface area contributed by atoms with Crippen LogP contribution in [0.4, 0.5) is 0 Å². The first-order valence-corrected chi connectivity index (χ1v) is 6.32. The molecule has 0 fully saturated rings. The Labute approximate surface area is 94.7 Å². The van der Waals surface area contributed by atoms with Gasteiger partial charge in [-0.15, -0.1) is 0 Å². The molecule has 0 unspecified atom stereocenters. The molecule has 1 rings (SSSR count). The second kappa shape index (κ2) is 7.89. The molecule has 0 aromatic heterocycles. The molecule has 1 aliphatic rings. The number of allylic oxidation sites excluding steroid dienone is 1. The SMILES string of the molecule is CN(C)CCCNCCC1=CCCCC1. The molecular weight excluding hydrogens is 184 g/mol. The molecule has 0 aromatic carbocycles. The Morgan fingerprint density at radius 1 is 1.27 bits per heavy atom. The number of hydrogen-bond acceptors (Lipinski definition) is 2. The molecule has 0 amide bonds. The quantitative estimate of drug-likeness (QED) is 0.513. The minimum atomic E-state index is 1.16. The van der Waals surface area contributed by atoms with E-state index in [9.17, 15) is 0 Å². The average Bonchev–Trinajstić information content (AvgIpc) is 2.24. The Bertz CT molecular complexity index is 185. The van der Waals surface area contributed by atoms with Crippen molar-refractivity contribution in [3.63, 3.8) is 0 Å². The minimum Gasteiger partial charge on any atom is -0.316 e. The van der Waals surface area contributed by atoms with Crippen molar-refractivity contribution in [3.05, 3.63) is 11.6 Å². The van der Waals surface area contributed by atoms with E-state index in [0.717, 1.165) is 6.54 Å². The first-order chi connectivity index (χ1) is 7.29. The Morgan fingerprint density at radius 2 is 2.13 bits per heavy atom. The van der Waals surface area contributed by atoms with Crippen LogP contribution >= 0.6 is 0 Å². The lowest BCUT2D eigenvalue weighted by Crippen LogP contribution is -2.22. The lowest BCUT2D eigenvalue weighted by Gasteiger charge is -2.13. The molecule has 0 saturated carbocycles. The van der Waals surface area contributed by atoms with Crippen molar-refractivity contribution in [1.82, 2.24) is 10.2 Å². The summed E-state index contributed by atoms with van der Waals surface area (Å²) in [5.41, 5.74) is 1.68. The van der Waals surface area contributed by atoms with Crippen molar-refractivity contribution >= 4 is 0 Å². The molecule has 0 aliphatic heterocycles. The van der Waals surface area contributed by atoms with Crippen LogP contribution in [0.5, 0.6) is 0 Å². The van der Waals surface area contributed by atoms with Crippen LogP contribution in [0.1, 0.15) is 38.5 Å². The molecule has 0 atom stereocenters. The van der Waals surface area contributed by atoms with E-state index in [4.69, 9.17) is 0 Å². The molecule has 0 saturated heterocycles. The number of hydrogen-bond donors (Lipinski definition) is 1. The minimum absolute atomic E-state index is 1.16. The topological polar surface area (TPSA) is 15.3 Å². The lowest BCUT2D eigenvalue weighted by molar-refractivity contribution is 0.394. The summed E-state index contributed by atoms with van der Waals surface area (Å²) in [7, 11) is 4.26. The molecule has 0 aromatic rings. The third-order valence-corrected chi connectivity index (χ3v) is 2.97. The van der Waals surface area contributed by atoms with Crippen LogP contribution in [0.2, 0.25) is 0 Å². The van der Waals surface area contributed by atoms with Gasteiger partial charge < -0.3 is 10.2 Å². The summed E-state index contributed by atoms with van der Waals surface area (Å²) in [5.74, 6) is 0. The highest BCUT2D eigenvalue weighted by atomic mass is 15.0. The van der Waals surface area contributed by atoms with Gasteiger partial charge in [0.05, 0.1) is 0 Å². The monoisotopic (exact) mass is 210 g/mol. The van der Waals surface area contributed by atoms with Crippen LogP contribution in [0, 0.1) is 0 Å². The van der Waals surface area contributed by atoms with E-state index in [1.165, 1.54) is 51.6 Å². The van der Waals surface area contributed by atoms with E-state index >= 15 is 0 Å². The summed E-state index contributed by atoms with van der Waals surface area (Å²) in [5, 5.41) is 3.52. The summed E-state index contributed by atoms with van der Waals surface area (Å²) in [6.45, 7) is 3.51. The molecule has 2 nitrogen and oxygen atoms in total. The first-order valence-electron chi connectivity index (χ1n) is 6.32. The zero-order valence-corrected chi connectivity index (χ0v) is 10.4. The van der Waals surface area contributed by atoms with Gasteiger partial charge in [-0.1, -0.05) is 11.6 Å². The summed E-state index contributed by atoms with van der Waals surface area (Å²) in [6.07, 6.45) is 10.4. The first kappa shape index (κ1) is 12.7. The molecule has 1 aliphatic carbocycles. The molecule has 0 spiro atoms. The average molecular weight is 210 g/mol. The predicted molar refractivity (Wildman–Crippen MR) is 67.2 cm³/mol. The molecule has 88 valence electrons. The van der Waals surface area contributed by atoms with Gasteiger partial charge in [0.1, 0.15) is 0 Å². The van der Waals surface area contributed by atoms with Crippen LogP contribution in [0.25, 0.3) is 0 Å². The highest BCUT2D eigenvalue weighted by molar-refractivity contribution is 5.05. The number of nitrogens with one attached hydrogen (secondary N) is 1. The second-order valence-electron chi connectivity index (χ2n) is 4.76. The second-order valence-corrected chi connectivity index (χ2v) is 4.76. The van der Waals surface area contributed by atoms with E-state index in [0.29, 0.717) is 0 Å². The fourth-order valence-electron chi connectivity index (χ4n) is 2.03. The lowest BCUT2D eigenvalue weighted by atomic mass is 9.97. The van der Waals surface area contributed by atoms with Gasteiger partial charge >= 0.3 is 0 Å². The maximum absolute atomic E-state index is 3.52. The van der Waals surface area contributed by atoms with Crippen molar-refractivity contribution < 1.29 is 0 Å². The number of rotatable bonds is 7. The van der Waals surface area contributed by atoms with Gasteiger partial charge in [-0.25, -0.2) is 0 Å². The fraction of sp³-hybridized carbons (Fsp3) is 0.846. The van der Waals surface area contributed by atoms with Gasteiger partial charge in [-0.3, -0.25) is 0 Å². The zero-order chi connectivity index (χ0) is 10.9. The molecule has 15 heavy (non-hydrogen) atoms. The molecule has 1 N–H and O–H groups in total. The summed E-state index contributed by atoms with van der Waals surface area (Å²) in [6, 6.07) is 0. The summed E-state index contributed by atoms with van der Waals surface area (Å²) >= 11 is 0. The molecule has 2 heteroatoms. The van der Waals surface area contributed by atoms with Crippen molar-refractivity contribution in [2.75, 3.05) is 33.7 Å². The maximum Gasteiger partial charge on any atom is -0.00116 e. The van der Waals surface area contributed by atoms with Gasteiger partial charge in [0.15, 0.2) is 0 Å². The standard InChI is InChI=1S/C13H26N2/c1-15(2)12-6-10-14-11-9-13-7-4-3-5-8-13/h7,14H,3-6,8-12H2,1-2H3. The molecule has 0 heterocycles. The van der Waals surface area contributed by atoms with Crippen LogP contribution in [-0.4, -0.2) is 38.6 Å². The maximum atomic E-state index is 3.52.